The van der Waals surface area contributed by atoms with Gasteiger partial charge in [0.25, 0.3) is 0 Å². The van der Waals surface area contributed by atoms with E-state index in [0.717, 1.165) is 17.8 Å². The van der Waals surface area contributed by atoms with Gasteiger partial charge in [-0.1, -0.05) is 36.4 Å². The smallest absolute Gasteiger partial charge is 0.246 e. The summed E-state index contributed by atoms with van der Waals surface area (Å²) in [7, 11) is 1.88. The van der Waals surface area contributed by atoms with Crippen LogP contribution in [0.5, 0.6) is 11.5 Å². The Kier molecular flexibility index (Phi) is 7.13. The Morgan fingerprint density at radius 2 is 1.85 bits per heavy atom. The van der Waals surface area contributed by atoms with Gasteiger partial charge < -0.3 is 19.4 Å². The zero-order chi connectivity index (χ0) is 24.1. The van der Waals surface area contributed by atoms with Gasteiger partial charge in [0.15, 0.2) is 0 Å². The molecular formula is C26H25ClN4O3. The average Bonchev–Trinajstić information content (AvgIpc) is 3.35. The number of amides is 2. The van der Waals surface area contributed by atoms with E-state index in [1.807, 2.05) is 66.5 Å². The minimum absolute atomic E-state index is 0.149. The third-order valence-corrected chi connectivity index (χ3v) is 6.11. The lowest BCUT2D eigenvalue weighted by Crippen LogP contribution is -2.38. The fourth-order valence-corrected chi connectivity index (χ4v) is 4.29. The van der Waals surface area contributed by atoms with E-state index in [2.05, 4.69) is 11.6 Å². The van der Waals surface area contributed by atoms with Gasteiger partial charge in [-0.15, -0.1) is 0 Å². The highest BCUT2D eigenvalue weighted by atomic mass is 35.5. The molecule has 1 aliphatic rings. The predicted octanol–water partition coefficient (Wildman–Crippen LogP) is 5.04. The van der Waals surface area contributed by atoms with Crippen LogP contribution in [0.25, 0.3) is 0 Å². The third-order valence-electron chi connectivity index (χ3n) is 5.83. The van der Waals surface area contributed by atoms with Gasteiger partial charge in [0.2, 0.25) is 12.3 Å². The summed E-state index contributed by atoms with van der Waals surface area (Å²) in [6, 6.07) is 17.0. The summed E-state index contributed by atoms with van der Waals surface area (Å²) < 4.78 is 5.88. The van der Waals surface area contributed by atoms with E-state index in [1.165, 1.54) is 12.3 Å². The number of hydrogen-bond acceptors (Lipinski definition) is 5. The Morgan fingerprint density at radius 3 is 2.53 bits per heavy atom. The highest BCUT2D eigenvalue weighted by Gasteiger charge is 2.32. The lowest BCUT2D eigenvalue weighted by Gasteiger charge is -2.31. The second-order valence-corrected chi connectivity index (χ2v) is 8.31. The third kappa shape index (κ3) is 4.89. The van der Waals surface area contributed by atoms with Crippen LogP contribution in [0.3, 0.4) is 0 Å². The Morgan fingerprint density at radius 1 is 1.15 bits per heavy atom. The van der Waals surface area contributed by atoms with Crippen LogP contribution in [0.4, 0.5) is 17.1 Å². The first kappa shape index (κ1) is 23.3. The van der Waals surface area contributed by atoms with E-state index >= 15 is 0 Å². The minimum Gasteiger partial charge on any atom is -0.457 e. The van der Waals surface area contributed by atoms with E-state index < -0.39 is 0 Å². The van der Waals surface area contributed by atoms with Crippen LogP contribution in [-0.4, -0.2) is 48.4 Å². The number of aromatic nitrogens is 1. The van der Waals surface area contributed by atoms with Crippen molar-refractivity contribution in [3.05, 3.63) is 84.7 Å². The number of ether oxygens (including phenoxy) is 1. The van der Waals surface area contributed by atoms with Gasteiger partial charge in [0.05, 0.1) is 28.6 Å². The summed E-state index contributed by atoms with van der Waals surface area (Å²) >= 11 is 6.55. The van der Waals surface area contributed by atoms with Crippen molar-refractivity contribution in [2.45, 2.75) is 12.5 Å². The number of halogens is 1. The molecule has 34 heavy (non-hydrogen) atoms. The molecular weight excluding hydrogens is 452 g/mol. The molecule has 2 amide bonds. The fourth-order valence-electron chi connectivity index (χ4n) is 4.04. The molecule has 0 bridgehead atoms. The van der Waals surface area contributed by atoms with Crippen LogP contribution in [0, 0.1) is 0 Å². The lowest BCUT2D eigenvalue weighted by molar-refractivity contribution is -0.125. The zero-order valence-corrected chi connectivity index (χ0v) is 19.6. The Hall–Kier alpha value is -3.84. The highest BCUT2D eigenvalue weighted by molar-refractivity contribution is 6.34. The van der Waals surface area contributed by atoms with E-state index in [-0.39, 0.29) is 11.9 Å². The number of anilines is 3. The SMILES string of the molecule is C=CC(=O)N1CCC(N(C=O)c2c(Cl)cncc2N(C)c2ccc(Oc3ccccc3)cc2)C1. The fraction of sp³-hybridized carbons (Fsp3) is 0.192. The first-order valence-corrected chi connectivity index (χ1v) is 11.2. The molecule has 4 rings (SSSR count). The zero-order valence-electron chi connectivity index (χ0n) is 18.8. The summed E-state index contributed by atoms with van der Waals surface area (Å²) in [6.07, 6.45) is 5.89. The molecule has 0 N–H and O–H groups in total. The number of likely N-dealkylation sites (tertiary alicyclic amines) is 1. The van der Waals surface area contributed by atoms with Gasteiger partial charge in [0, 0.05) is 32.0 Å². The van der Waals surface area contributed by atoms with E-state index in [1.54, 1.807) is 16.0 Å². The number of pyridine rings is 1. The van der Waals surface area contributed by atoms with Gasteiger partial charge in [0.1, 0.15) is 11.5 Å². The summed E-state index contributed by atoms with van der Waals surface area (Å²) in [5.41, 5.74) is 2.09. The van der Waals surface area contributed by atoms with Gasteiger partial charge in [-0.05, 0) is 48.9 Å². The first-order valence-electron chi connectivity index (χ1n) is 10.9. The summed E-state index contributed by atoms with van der Waals surface area (Å²) in [5, 5.41) is 0.356. The topological polar surface area (TPSA) is 66.0 Å². The van der Waals surface area contributed by atoms with E-state index in [9.17, 15) is 9.59 Å². The van der Waals surface area contributed by atoms with Crippen LogP contribution in [0.2, 0.25) is 5.02 Å². The average molecular weight is 477 g/mol. The van der Waals surface area contributed by atoms with Crippen molar-refractivity contribution in [1.82, 2.24) is 9.88 Å². The molecule has 1 atom stereocenters. The molecule has 2 heterocycles. The van der Waals surface area contributed by atoms with Crippen molar-refractivity contribution < 1.29 is 14.3 Å². The summed E-state index contributed by atoms with van der Waals surface area (Å²) in [4.78, 5) is 33.7. The molecule has 1 unspecified atom stereocenters. The minimum atomic E-state index is -0.199. The Balaban J connectivity index is 1.59. The standard InChI is InChI=1S/C26H25ClN4O3/c1-3-25(33)30-14-13-20(17-30)31(18-32)26-23(27)15-28-16-24(26)29(2)19-9-11-22(12-10-19)34-21-7-5-4-6-8-21/h3-12,15-16,18,20H,1,13-14,17H2,2H3. The maximum atomic E-state index is 12.2. The second kappa shape index (κ2) is 10.4. The van der Waals surface area contributed by atoms with Gasteiger partial charge in [-0.3, -0.25) is 14.6 Å². The molecule has 0 saturated carbocycles. The van der Waals surface area contributed by atoms with Crippen LogP contribution >= 0.6 is 11.6 Å². The molecule has 0 radical (unpaired) electrons. The van der Waals surface area contributed by atoms with Crippen LogP contribution in [-0.2, 0) is 9.59 Å². The normalized spacial score (nSPS) is 15.0. The number of nitrogens with zero attached hydrogens (tertiary/aromatic N) is 4. The monoisotopic (exact) mass is 476 g/mol. The summed E-state index contributed by atoms with van der Waals surface area (Å²) in [6.45, 7) is 4.51. The molecule has 3 aromatic rings. The van der Waals surface area contributed by atoms with Crippen LogP contribution in [0.15, 0.2) is 79.6 Å². The van der Waals surface area contributed by atoms with Crippen LogP contribution in [0.1, 0.15) is 6.42 Å². The highest BCUT2D eigenvalue weighted by Crippen LogP contribution is 2.40. The molecule has 174 valence electrons. The Bertz CT molecular complexity index is 1170. The molecule has 8 heteroatoms. The van der Waals surface area contributed by atoms with E-state index in [4.69, 9.17) is 16.3 Å². The molecule has 1 aliphatic heterocycles. The van der Waals surface area contributed by atoms with Crippen molar-refractivity contribution in [3.8, 4) is 11.5 Å². The van der Waals surface area contributed by atoms with Crippen molar-refractivity contribution in [3.63, 3.8) is 0 Å². The van der Waals surface area contributed by atoms with Crippen molar-refractivity contribution >= 4 is 41.0 Å². The number of hydrogen-bond donors (Lipinski definition) is 0. The van der Waals surface area contributed by atoms with Gasteiger partial charge >= 0.3 is 0 Å². The molecule has 0 spiro atoms. The number of para-hydroxylation sites is 1. The lowest BCUT2D eigenvalue weighted by atomic mass is 10.2. The molecule has 0 aliphatic carbocycles. The van der Waals surface area contributed by atoms with Crippen LogP contribution < -0.4 is 14.5 Å². The van der Waals surface area contributed by atoms with Crippen molar-refractivity contribution in [2.24, 2.45) is 0 Å². The molecule has 1 fully saturated rings. The molecule has 2 aromatic carbocycles. The van der Waals surface area contributed by atoms with Crippen molar-refractivity contribution in [2.75, 3.05) is 29.9 Å². The van der Waals surface area contributed by atoms with Gasteiger partial charge in [-0.25, -0.2) is 0 Å². The molecule has 1 aromatic heterocycles. The number of carbonyl (C=O) groups excluding carboxylic acids is 2. The Labute approximate surface area is 203 Å². The molecule has 7 nitrogen and oxygen atoms in total. The molecule has 1 saturated heterocycles. The number of rotatable bonds is 8. The van der Waals surface area contributed by atoms with E-state index in [0.29, 0.717) is 41.7 Å². The number of benzene rings is 2. The predicted molar refractivity (Wildman–Crippen MR) is 134 cm³/mol. The maximum Gasteiger partial charge on any atom is 0.246 e. The summed E-state index contributed by atoms with van der Waals surface area (Å²) in [5.74, 6) is 1.32. The quantitative estimate of drug-likeness (QED) is 0.336. The largest absolute Gasteiger partial charge is 0.457 e. The van der Waals surface area contributed by atoms with Crippen molar-refractivity contribution in [1.29, 1.82) is 0 Å². The first-order chi connectivity index (χ1) is 16.5. The number of carbonyl (C=O) groups is 2. The van der Waals surface area contributed by atoms with Gasteiger partial charge in [-0.2, -0.15) is 0 Å². The maximum absolute atomic E-state index is 12.2. The second-order valence-electron chi connectivity index (χ2n) is 7.90.